The van der Waals surface area contributed by atoms with Crippen molar-refractivity contribution >= 4 is 11.8 Å². The molecule has 4 aromatic rings. The van der Waals surface area contributed by atoms with E-state index in [0.717, 1.165) is 28.1 Å². The number of hydrogen-bond donors (Lipinski definition) is 0. The lowest BCUT2D eigenvalue weighted by atomic mass is 10.1. The van der Waals surface area contributed by atoms with Crippen molar-refractivity contribution in [2.24, 2.45) is 0 Å². The SMILES string of the molecule is Cc1ccc(C)c(CSc2nnc(-c3ccncc3)n2Cc2ccco2)c1. The molecule has 27 heavy (non-hydrogen) atoms. The molecule has 0 radical (unpaired) electrons. The number of aromatic nitrogens is 4. The molecule has 0 atom stereocenters. The summed E-state index contributed by atoms with van der Waals surface area (Å²) >= 11 is 1.69. The van der Waals surface area contributed by atoms with Gasteiger partial charge in [-0.1, -0.05) is 35.5 Å². The molecular formula is C21H20N4OS. The van der Waals surface area contributed by atoms with Crippen LogP contribution < -0.4 is 0 Å². The summed E-state index contributed by atoms with van der Waals surface area (Å²) in [5, 5.41) is 9.77. The summed E-state index contributed by atoms with van der Waals surface area (Å²) in [7, 11) is 0. The zero-order valence-electron chi connectivity index (χ0n) is 15.3. The van der Waals surface area contributed by atoms with Crippen LogP contribution in [0.25, 0.3) is 11.4 Å². The van der Waals surface area contributed by atoms with Gasteiger partial charge in [-0.25, -0.2) is 0 Å². The molecule has 4 rings (SSSR count). The van der Waals surface area contributed by atoms with Crippen LogP contribution in [-0.4, -0.2) is 19.7 Å². The molecular weight excluding hydrogens is 356 g/mol. The van der Waals surface area contributed by atoms with E-state index in [4.69, 9.17) is 4.42 Å². The summed E-state index contributed by atoms with van der Waals surface area (Å²) < 4.78 is 7.65. The van der Waals surface area contributed by atoms with E-state index in [2.05, 4.69) is 51.8 Å². The lowest BCUT2D eigenvalue weighted by Crippen LogP contribution is -2.03. The van der Waals surface area contributed by atoms with Gasteiger partial charge in [0.2, 0.25) is 0 Å². The first-order valence-corrected chi connectivity index (χ1v) is 9.74. The van der Waals surface area contributed by atoms with E-state index in [1.54, 1.807) is 30.4 Å². The van der Waals surface area contributed by atoms with Crippen molar-refractivity contribution in [3.8, 4) is 11.4 Å². The average molecular weight is 376 g/mol. The van der Waals surface area contributed by atoms with Gasteiger partial charge in [0.1, 0.15) is 5.76 Å². The van der Waals surface area contributed by atoms with Crippen molar-refractivity contribution in [2.75, 3.05) is 0 Å². The Morgan fingerprint density at radius 2 is 1.89 bits per heavy atom. The molecule has 3 aromatic heterocycles. The Morgan fingerprint density at radius 1 is 1.04 bits per heavy atom. The zero-order valence-corrected chi connectivity index (χ0v) is 16.1. The second-order valence-corrected chi connectivity index (χ2v) is 7.37. The third-order valence-electron chi connectivity index (χ3n) is 4.41. The first kappa shape index (κ1) is 17.5. The monoisotopic (exact) mass is 376 g/mol. The van der Waals surface area contributed by atoms with Gasteiger partial charge < -0.3 is 4.42 Å². The highest BCUT2D eigenvalue weighted by molar-refractivity contribution is 7.98. The maximum absolute atomic E-state index is 5.55. The highest BCUT2D eigenvalue weighted by Crippen LogP contribution is 2.28. The standard InChI is InChI=1S/C21H20N4OS/c1-15-5-6-16(2)18(12-15)14-27-21-24-23-20(17-7-9-22-10-8-17)25(21)13-19-4-3-11-26-19/h3-12H,13-14H2,1-2H3. The van der Waals surface area contributed by atoms with Crippen LogP contribution in [0.15, 0.2) is 70.7 Å². The van der Waals surface area contributed by atoms with Gasteiger partial charge in [0.15, 0.2) is 11.0 Å². The molecule has 0 aliphatic heterocycles. The second kappa shape index (κ2) is 7.80. The van der Waals surface area contributed by atoms with E-state index in [-0.39, 0.29) is 0 Å². The van der Waals surface area contributed by atoms with Gasteiger partial charge in [-0.2, -0.15) is 0 Å². The van der Waals surface area contributed by atoms with Crippen molar-refractivity contribution < 1.29 is 4.42 Å². The lowest BCUT2D eigenvalue weighted by molar-refractivity contribution is 0.485. The van der Waals surface area contributed by atoms with Crippen LogP contribution in [0.1, 0.15) is 22.5 Å². The normalized spacial score (nSPS) is 11.0. The number of benzene rings is 1. The summed E-state index contributed by atoms with van der Waals surface area (Å²) in [5.41, 5.74) is 4.87. The van der Waals surface area contributed by atoms with E-state index in [9.17, 15) is 0 Å². The number of thioether (sulfide) groups is 1. The smallest absolute Gasteiger partial charge is 0.192 e. The minimum atomic E-state index is 0.590. The highest BCUT2D eigenvalue weighted by Gasteiger charge is 2.16. The van der Waals surface area contributed by atoms with Gasteiger partial charge >= 0.3 is 0 Å². The van der Waals surface area contributed by atoms with Crippen molar-refractivity contribution in [2.45, 2.75) is 31.3 Å². The Labute approximate surface area is 162 Å². The van der Waals surface area contributed by atoms with E-state index < -0.39 is 0 Å². The molecule has 6 heteroatoms. The van der Waals surface area contributed by atoms with E-state index >= 15 is 0 Å². The van der Waals surface area contributed by atoms with Crippen LogP contribution in [0.3, 0.4) is 0 Å². The highest BCUT2D eigenvalue weighted by atomic mass is 32.2. The predicted octanol–water partition coefficient (Wildman–Crippen LogP) is 4.89. The molecule has 1 aromatic carbocycles. The minimum absolute atomic E-state index is 0.590. The topological polar surface area (TPSA) is 56.7 Å². The number of furan rings is 1. The van der Waals surface area contributed by atoms with Crippen LogP contribution >= 0.6 is 11.8 Å². The number of aryl methyl sites for hydroxylation is 2. The predicted molar refractivity (Wildman–Crippen MR) is 107 cm³/mol. The Kier molecular flexibility index (Phi) is 5.07. The van der Waals surface area contributed by atoms with Crippen molar-refractivity contribution in [3.63, 3.8) is 0 Å². The molecule has 5 nitrogen and oxygen atoms in total. The van der Waals surface area contributed by atoms with E-state index in [1.807, 2.05) is 24.3 Å². The molecule has 136 valence electrons. The van der Waals surface area contributed by atoms with Gasteiger partial charge in [0, 0.05) is 23.7 Å². The van der Waals surface area contributed by atoms with Crippen LogP contribution in [0.5, 0.6) is 0 Å². The molecule has 0 amide bonds. The van der Waals surface area contributed by atoms with Crippen LogP contribution in [-0.2, 0) is 12.3 Å². The molecule has 0 fully saturated rings. The van der Waals surface area contributed by atoms with Gasteiger partial charge in [-0.05, 0) is 49.2 Å². The molecule has 0 saturated heterocycles. The van der Waals surface area contributed by atoms with Crippen molar-refractivity contribution in [3.05, 3.63) is 83.6 Å². The lowest BCUT2D eigenvalue weighted by Gasteiger charge is -2.10. The maximum atomic E-state index is 5.55. The fourth-order valence-electron chi connectivity index (χ4n) is 2.91. The van der Waals surface area contributed by atoms with Gasteiger partial charge in [-0.3, -0.25) is 9.55 Å². The first-order valence-electron chi connectivity index (χ1n) is 8.75. The molecule has 0 saturated carbocycles. The Balaban J connectivity index is 1.65. The summed E-state index contributed by atoms with van der Waals surface area (Å²) in [6.45, 7) is 4.85. The van der Waals surface area contributed by atoms with E-state index in [0.29, 0.717) is 6.54 Å². The quantitative estimate of drug-likeness (QED) is 0.448. The maximum Gasteiger partial charge on any atom is 0.192 e. The number of rotatable bonds is 6. The van der Waals surface area contributed by atoms with Crippen molar-refractivity contribution in [1.82, 2.24) is 19.7 Å². The summed E-state index contributed by atoms with van der Waals surface area (Å²) in [6.07, 6.45) is 5.23. The summed E-state index contributed by atoms with van der Waals surface area (Å²) in [5.74, 6) is 2.54. The number of pyridine rings is 1. The third kappa shape index (κ3) is 3.95. The second-order valence-electron chi connectivity index (χ2n) is 6.43. The summed E-state index contributed by atoms with van der Waals surface area (Å²) in [4.78, 5) is 4.10. The van der Waals surface area contributed by atoms with Gasteiger partial charge in [-0.15, -0.1) is 10.2 Å². The van der Waals surface area contributed by atoms with Crippen LogP contribution in [0.4, 0.5) is 0 Å². The van der Waals surface area contributed by atoms with Crippen LogP contribution in [0, 0.1) is 13.8 Å². The minimum Gasteiger partial charge on any atom is -0.467 e. The fourth-order valence-corrected chi connectivity index (χ4v) is 3.91. The fraction of sp³-hybridized carbons (Fsp3) is 0.190. The molecule has 0 N–H and O–H groups in total. The Hall–Kier alpha value is -2.86. The molecule has 0 unspecified atom stereocenters. The first-order chi connectivity index (χ1) is 13.2. The molecule has 0 spiro atoms. The zero-order chi connectivity index (χ0) is 18.6. The molecule has 0 aliphatic rings. The third-order valence-corrected chi connectivity index (χ3v) is 5.43. The Bertz CT molecular complexity index is 1030. The molecule has 0 bridgehead atoms. The number of nitrogens with zero attached hydrogens (tertiary/aromatic N) is 4. The van der Waals surface area contributed by atoms with Gasteiger partial charge in [0.25, 0.3) is 0 Å². The Morgan fingerprint density at radius 3 is 2.67 bits per heavy atom. The molecule has 0 aliphatic carbocycles. The van der Waals surface area contributed by atoms with E-state index in [1.165, 1.54) is 16.7 Å². The summed E-state index contributed by atoms with van der Waals surface area (Å²) in [6, 6.07) is 14.3. The average Bonchev–Trinajstić information content (AvgIpc) is 3.34. The van der Waals surface area contributed by atoms with Crippen LogP contribution in [0.2, 0.25) is 0 Å². The number of hydrogen-bond acceptors (Lipinski definition) is 5. The van der Waals surface area contributed by atoms with Gasteiger partial charge in [0.05, 0.1) is 12.8 Å². The van der Waals surface area contributed by atoms with Crippen molar-refractivity contribution in [1.29, 1.82) is 0 Å². The molecule has 3 heterocycles. The largest absolute Gasteiger partial charge is 0.467 e.